The van der Waals surface area contributed by atoms with Crippen molar-refractivity contribution in [1.82, 2.24) is 14.8 Å². The predicted octanol–water partition coefficient (Wildman–Crippen LogP) is 1.91. The molecule has 1 saturated heterocycles. The zero-order valence-electron chi connectivity index (χ0n) is 12.0. The number of hydrogen-bond acceptors (Lipinski definition) is 3. The average molecular weight is 261 g/mol. The molecule has 0 N–H and O–H groups in total. The van der Waals surface area contributed by atoms with Gasteiger partial charge in [0, 0.05) is 25.3 Å². The zero-order valence-corrected chi connectivity index (χ0v) is 12.0. The fourth-order valence-corrected chi connectivity index (χ4v) is 2.68. The second kappa shape index (κ2) is 6.15. The van der Waals surface area contributed by atoms with Crippen molar-refractivity contribution in [3.8, 4) is 0 Å². The van der Waals surface area contributed by atoms with Gasteiger partial charge in [-0.3, -0.25) is 14.7 Å². The fourth-order valence-electron chi connectivity index (χ4n) is 2.68. The second-order valence-corrected chi connectivity index (χ2v) is 5.31. The summed E-state index contributed by atoms with van der Waals surface area (Å²) in [6.45, 7) is 8.76. The van der Waals surface area contributed by atoms with Gasteiger partial charge in [-0.05, 0) is 38.9 Å². The number of nitrogens with zero attached hydrogens (tertiary/aromatic N) is 3. The molecule has 1 aromatic heterocycles. The molecule has 0 spiro atoms. The van der Waals surface area contributed by atoms with Gasteiger partial charge in [0.05, 0.1) is 11.7 Å². The van der Waals surface area contributed by atoms with Crippen molar-refractivity contribution in [2.75, 3.05) is 13.1 Å². The number of amides is 1. The van der Waals surface area contributed by atoms with E-state index in [1.807, 2.05) is 23.1 Å². The molecule has 0 unspecified atom stereocenters. The lowest BCUT2D eigenvalue weighted by Gasteiger charge is -2.27. The number of pyridine rings is 1. The van der Waals surface area contributed by atoms with E-state index in [1.165, 1.54) is 0 Å². The first-order chi connectivity index (χ1) is 9.13. The van der Waals surface area contributed by atoms with Crippen molar-refractivity contribution in [2.45, 2.75) is 45.8 Å². The fraction of sp³-hybridized carbons (Fsp3) is 0.600. The molecule has 1 atom stereocenters. The molecule has 19 heavy (non-hydrogen) atoms. The molecule has 104 valence electrons. The molecular weight excluding hydrogens is 238 g/mol. The molecule has 0 bridgehead atoms. The minimum absolute atomic E-state index is 0.0226. The minimum atomic E-state index is 0.0226. The van der Waals surface area contributed by atoms with Gasteiger partial charge in [0.2, 0.25) is 5.91 Å². The molecule has 2 heterocycles. The highest BCUT2D eigenvalue weighted by molar-refractivity contribution is 5.84. The van der Waals surface area contributed by atoms with Crippen LogP contribution in [0.25, 0.3) is 0 Å². The maximum atomic E-state index is 12.4. The Kier molecular flexibility index (Phi) is 4.53. The van der Waals surface area contributed by atoms with Crippen LogP contribution in [0, 0.1) is 0 Å². The summed E-state index contributed by atoms with van der Waals surface area (Å²) in [5.41, 5.74) is 1.03. The van der Waals surface area contributed by atoms with E-state index >= 15 is 0 Å². The molecule has 1 aliphatic heterocycles. The molecule has 0 aliphatic carbocycles. The van der Waals surface area contributed by atoms with Crippen LogP contribution >= 0.6 is 0 Å². The van der Waals surface area contributed by atoms with Crippen molar-refractivity contribution in [2.24, 2.45) is 0 Å². The Balaban J connectivity index is 2.05. The van der Waals surface area contributed by atoms with E-state index in [9.17, 15) is 4.79 Å². The van der Waals surface area contributed by atoms with E-state index < -0.39 is 0 Å². The third-order valence-corrected chi connectivity index (χ3v) is 3.77. The number of likely N-dealkylation sites (tertiary alicyclic amines) is 1. The van der Waals surface area contributed by atoms with Gasteiger partial charge in [-0.15, -0.1) is 0 Å². The van der Waals surface area contributed by atoms with Crippen LogP contribution in [0.1, 0.15) is 32.9 Å². The Labute approximate surface area is 115 Å². The summed E-state index contributed by atoms with van der Waals surface area (Å²) in [6, 6.07) is 6.25. The molecule has 0 aromatic carbocycles. The Morgan fingerprint density at radius 2 is 2.26 bits per heavy atom. The van der Waals surface area contributed by atoms with Crippen molar-refractivity contribution >= 4 is 5.91 Å². The zero-order chi connectivity index (χ0) is 13.8. The second-order valence-electron chi connectivity index (χ2n) is 5.31. The van der Waals surface area contributed by atoms with Crippen LogP contribution in [0.15, 0.2) is 24.4 Å². The van der Waals surface area contributed by atoms with Crippen LogP contribution in [0.4, 0.5) is 0 Å². The van der Waals surface area contributed by atoms with E-state index in [-0.39, 0.29) is 11.9 Å². The third kappa shape index (κ3) is 3.13. The van der Waals surface area contributed by atoms with Gasteiger partial charge < -0.3 is 4.90 Å². The highest BCUT2D eigenvalue weighted by Crippen LogP contribution is 2.20. The van der Waals surface area contributed by atoms with Gasteiger partial charge in [0.1, 0.15) is 0 Å². The number of carbonyl (C=O) groups is 1. The SMILES string of the molecule is CCN(Cc1ccccn1)[C@@H]1CCN(C(C)C)C1=O. The Morgan fingerprint density at radius 3 is 2.79 bits per heavy atom. The Bertz CT molecular complexity index is 419. The number of hydrogen-bond donors (Lipinski definition) is 0. The van der Waals surface area contributed by atoms with Gasteiger partial charge in [-0.2, -0.15) is 0 Å². The first-order valence-electron chi connectivity index (χ1n) is 7.08. The predicted molar refractivity (Wildman–Crippen MR) is 75.6 cm³/mol. The summed E-state index contributed by atoms with van der Waals surface area (Å²) in [7, 11) is 0. The molecule has 4 nitrogen and oxygen atoms in total. The van der Waals surface area contributed by atoms with Crippen LogP contribution in [0.5, 0.6) is 0 Å². The minimum Gasteiger partial charge on any atom is -0.339 e. The molecule has 1 aromatic rings. The standard InChI is InChI=1S/C15H23N3O/c1-4-17(11-13-7-5-6-9-16-13)14-8-10-18(12(2)3)15(14)19/h5-7,9,12,14H,4,8,10-11H2,1-3H3/t14-/m1/s1. The summed E-state index contributed by atoms with van der Waals surface area (Å²) in [4.78, 5) is 21.0. The highest BCUT2D eigenvalue weighted by atomic mass is 16.2. The molecule has 1 fully saturated rings. The van der Waals surface area contributed by atoms with Crippen molar-refractivity contribution in [3.63, 3.8) is 0 Å². The quantitative estimate of drug-likeness (QED) is 0.812. The van der Waals surface area contributed by atoms with Crippen LogP contribution in [0.2, 0.25) is 0 Å². The van der Waals surface area contributed by atoms with Gasteiger partial charge in [0.25, 0.3) is 0 Å². The molecule has 0 radical (unpaired) electrons. The van der Waals surface area contributed by atoms with Gasteiger partial charge >= 0.3 is 0 Å². The number of rotatable bonds is 5. The summed E-state index contributed by atoms with van der Waals surface area (Å²) in [6.07, 6.45) is 2.73. The van der Waals surface area contributed by atoms with E-state index in [4.69, 9.17) is 0 Å². The molecule has 1 amide bonds. The number of aromatic nitrogens is 1. The number of likely N-dealkylation sites (N-methyl/N-ethyl adjacent to an activating group) is 1. The highest BCUT2D eigenvalue weighted by Gasteiger charge is 2.36. The smallest absolute Gasteiger partial charge is 0.240 e. The topological polar surface area (TPSA) is 36.4 Å². The lowest BCUT2D eigenvalue weighted by molar-refractivity contribution is -0.133. The van der Waals surface area contributed by atoms with Crippen LogP contribution in [-0.4, -0.2) is 45.9 Å². The molecule has 2 rings (SSSR count). The summed E-state index contributed by atoms with van der Waals surface area (Å²) >= 11 is 0. The normalized spacial score (nSPS) is 19.7. The third-order valence-electron chi connectivity index (χ3n) is 3.77. The van der Waals surface area contributed by atoms with Crippen molar-refractivity contribution < 1.29 is 4.79 Å². The van der Waals surface area contributed by atoms with Crippen LogP contribution < -0.4 is 0 Å². The van der Waals surface area contributed by atoms with Crippen molar-refractivity contribution in [1.29, 1.82) is 0 Å². The maximum absolute atomic E-state index is 12.4. The van der Waals surface area contributed by atoms with Gasteiger partial charge in [-0.25, -0.2) is 0 Å². The Hall–Kier alpha value is -1.42. The summed E-state index contributed by atoms with van der Waals surface area (Å²) in [5, 5.41) is 0. The monoisotopic (exact) mass is 261 g/mol. The van der Waals surface area contributed by atoms with E-state index in [0.29, 0.717) is 6.04 Å². The summed E-state index contributed by atoms with van der Waals surface area (Å²) < 4.78 is 0. The maximum Gasteiger partial charge on any atom is 0.240 e. The molecule has 0 saturated carbocycles. The molecular formula is C15H23N3O. The van der Waals surface area contributed by atoms with Gasteiger partial charge in [-0.1, -0.05) is 13.0 Å². The molecule has 1 aliphatic rings. The molecule has 4 heteroatoms. The first-order valence-corrected chi connectivity index (χ1v) is 7.08. The van der Waals surface area contributed by atoms with E-state index in [2.05, 4.69) is 30.7 Å². The largest absolute Gasteiger partial charge is 0.339 e. The average Bonchev–Trinajstić information content (AvgIpc) is 2.79. The van der Waals surface area contributed by atoms with Crippen LogP contribution in [-0.2, 0) is 11.3 Å². The Morgan fingerprint density at radius 1 is 1.47 bits per heavy atom. The van der Waals surface area contributed by atoms with E-state index in [1.54, 1.807) is 6.20 Å². The van der Waals surface area contributed by atoms with Crippen molar-refractivity contribution in [3.05, 3.63) is 30.1 Å². The lowest BCUT2D eigenvalue weighted by Crippen LogP contribution is -2.43. The van der Waals surface area contributed by atoms with Gasteiger partial charge in [0.15, 0.2) is 0 Å². The van der Waals surface area contributed by atoms with Crippen LogP contribution in [0.3, 0.4) is 0 Å². The van der Waals surface area contributed by atoms with E-state index in [0.717, 1.165) is 31.7 Å². The summed E-state index contributed by atoms with van der Waals surface area (Å²) in [5.74, 6) is 0.271. The number of carbonyl (C=O) groups excluding carboxylic acids is 1. The lowest BCUT2D eigenvalue weighted by atomic mass is 10.2. The first kappa shape index (κ1) is 14.0.